The van der Waals surface area contributed by atoms with Gasteiger partial charge in [-0.15, -0.1) is 0 Å². The van der Waals surface area contributed by atoms with Crippen LogP contribution in [0.15, 0.2) is 53.5 Å². The van der Waals surface area contributed by atoms with Gasteiger partial charge in [-0.05, 0) is 0 Å². The number of carbonyl (C=O) groups excluding carboxylic acids is 2. The first-order chi connectivity index (χ1) is 9.77. The van der Waals surface area contributed by atoms with Crippen molar-refractivity contribution >= 4 is 41.7 Å². The third-order valence-corrected chi connectivity index (χ3v) is 5.29. The van der Waals surface area contributed by atoms with Gasteiger partial charge in [0.15, 0.2) is 0 Å². The molecule has 96 valence electrons. The predicted molar refractivity (Wildman–Crippen MR) is 78.5 cm³/mol. The van der Waals surface area contributed by atoms with Crippen molar-refractivity contribution in [2.24, 2.45) is 0 Å². The van der Waals surface area contributed by atoms with Gasteiger partial charge >= 0.3 is 121 Å². The zero-order valence-corrected chi connectivity index (χ0v) is 12.1. The van der Waals surface area contributed by atoms with E-state index in [2.05, 4.69) is 0 Å². The Morgan fingerprint density at radius 2 is 1.45 bits per heavy atom. The molecule has 3 aromatic rings. The topological polar surface area (TPSA) is 37.4 Å². The van der Waals surface area contributed by atoms with Crippen molar-refractivity contribution in [2.75, 3.05) is 4.90 Å². The second-order valence-corrected chi connectivity index (χ2v) is 6.55. The molecule has 0 atom stereocenters. The number of rotatable bonds is 1. The van der Waals surface area contributed by atoms with Gasteiger partial charge < -0.3 is 0 Å². The molecule has 2 amide bonds. The first kappa shape index (κ1) is 11.6. The molecule has 0 fully saturated rings. The summed E-state index contributed by atoms with van der Waals surface area (Å²) >= 11 is 0.0471. The van der Waals surface area contributed by atoms with Gasteiger partial charge in [-0.2, -0.15) is 0 Å². The molecule has 20 heavy (non-hydrogen) atoms. The SMILES string of the molecule is O=C1c2cccc3cccc(c23)C(=O)N1c1ccc[se]1. The van der Waals surface area contributed by atoms with Crippen LogP contribution in [0.4, 0.5) is 4.56 Å². The average Bonchev–Trinajstić information content (AvgIpc) is 2.99. The molecule has 1 aliphatic rings. The number of benzene rings is 2. The number of amides is 2. The Balaban J connectivity index is 2.05. The number of hydrogen-bond donors (Lipinski definition) is 0. The van der Waals surface area contributed by atoms with Crippen LogP contribution in [0.3, 0.4) is 0 Å². The molecule has 0 saturated heterocycles. The molecule has 0 radical (unpaired) electrons. The Morgan fingerprint density at radius 3 is 2.00 bits per heavy atom. The third kappa shape index (κ3) is 1.46. The van der Waals surface area contributed by atoms with Crippen LogP contribution in [0.25, 0.3) is 10.8 Å². The van der Waals surface area contributed by atoms with E-state index >= 15 is 0 Å². The van der Waals surface area contributed by atoms with Crippen molar-refractivity contribution < 1.29 is 9.59 Å². The molecule has 4 heteroatoms. The third-order valence-electron chi connectivity index (χ3n) is 3.50. The average molecular weight is 326 g/mol. The molecule has 2 aromatic carbocycles. The van der Waals surface area contributed by atoms with Gasteiger partial charge in [0.25, 0.3) is 0 Å². The van der Waals surface area contributed by atoms with E-state index in [1.165, 1.54) is 4.90 Å². The van der Waals surface area contributed by atoms with Crippen LogP contribution >= 0.6 is 0 Å². The van der Waals surface area contributed by atoms with Crippen molar-refractivity contribution in [1.82, 2.24) is 0 Å². The second kappa shape index (κ2) is 4.17. The van der Waals surface area contributed by atoms with Crippen molar-refractivity contribution in [1.29, 1.82) is 0 Å². The van der Waals surface area contributed by atoms with Crippen LogP contribution in [-0.4, -0.2) is 26.3 Å². The number of nitrogens with zero attached hydrogens (tertiary/aromatic N) is 1. The summed E-state index contributed by atoms with van der Waals surface area (Å²) in [6.45, 7) is 0. The van der Waals surface area contributed by atoms with Crippen LogP contribution in [0, 0.1) is 0 Å². The van der Waals surface area contributed by atoms with Crippen LogP contribution in [0.5, 0.6) is 0 Å². The maximum atomic E-state index is 12.6. The first-order valence-corrected chi connectivity index (χ1v) is 8.06. The van der Waals surface area contributed by atoms with Gasteiger partial charge in [0, 0.05) is 0 Å². The summed E-state index contributed by atoms with van der Waals surface area (Å²) in [6, 6.07) is 14.9. The first-order valence-electron chi connectivity index (χ1n) is 6.21. The van der Waals surface area contributed by atoms with Gasteiger partial charge in [-0.1, -0.05) is 0 Å². The van der Waals surface area contributed by atoms with Gasteiger partial charge in [-0.25, -0.2) is 0 Å². The molecule has 0 unspecified atom stereocenters. The van der Waals surface area contributed by atoms with Crippen molar-refractivity contribution in [3.8, 4) is 0 Å². The normalized spacial score (nSPS) is 14.1. The van der Waals surface area contributed by atoms with Gasteiger partial charge in [0.2, 0.25) is 0 Å². The van der Waals surface area contributed by atoms with E-state index in [9.17, 15) is 9.59 Å². The van der Waals surface area contributed by atoms with Gasteiger partial charge in [0.05, 0.1) is 0 Å². The van der Waals surface area contributed by atoms with E-state index in [-0.39, 0.29) is 26.3 Å². The fraction of sp³-hybridized carbons (Fsp3) is 0. The molecule has 4 rings (SSSR count). The molecule has 1 aromatic heterocycles. The molecule has 0 saturated carbocycles. The molecular formula is C16H9NO2Se. The summed E-state index contributed by atoms with van der Waals surface area (Å²) in [6.07, 6.45) is 0. The molecule has 2 heterocycles. The van der Waals surface area contributed by atoms with Crippen molar-refractivity contribution in [3.05, 3.63) is 64.6 Å². The molecular weight excluding hydrogens is 317 g/mol. The second-order valence-electron chi connectivity index (χ2n) is 4.61. The molecule has 1 aliphatic heterocycles. The van der Waals surface area contributed by atoms with Crippen LogP contribution in [-0.2, 0) is 0 Å². The number of carbonyl (C=O) groups is 2. The minimum absolute atomic E-state index is 0.0471. The standard InChI is InChI=1S/C16H9NO2Se/c18-15-11-6-1-4-10-5-2-7-12(14(10)11)16(19)17(15)13-8-3-9-20-13/h1-9H. The van der Waals surface area contributed by atoms with E-state index in [0.29, 0.717) is 11.1 Å². The van der Waals surface area contributed by atoms with Crippen LogP contribution < -0.4 is 4.90 Å². The molecule has 0 spiro atoms. The Bertz CT molecular complexity index is 801. The summed E-state index contributed by atoms with van der Waals surface area (Å²) in [5.74, 6) is -0.424. The van der Waals surface area contributed by atoms with Gasteiger partial charge in [-0.3, -0.25) is 0 Å². The fourth-order valence-corrected chi connectivity index (χ4v) is 4.15. The molecule has 3 nitrogen and oxygen atoms in total. The molecule has 0 bridgehead atoms. The summed E-state index contributed by atoms with van der Waals surface area (Å²) in [4.78, 5) is 28.6. The molecule has 0 aliphatic carbocycles. The van der Waals surface area contributed by atoms with E-state index in [0.717, 1.165) is 15.3 Å². The Labute approximate surface area is 121 Å². The van der Waals surface area contributed by atoms with E-state index in [4.69, 9.17) is 0 Å². The minimum atomic E-state index is -0.212. The van der Waals surface area contributed by atoms with Crippen LogP contribution in [0.1, 0.15) is 20.7 Å². The predicted octanol–water partition coefficient (Wildman–Crippen LogP) is 2.70. The number of imide groups is 1. The number of hydrogen-bond acceptors (Lipinski definition) is 2. The van der Waals surface area contributed by atoms with E-state index in [1.807, 2.05) is 41.3 Å². The van der Waals surface area contributed by atoms with E-state index < -0.39 is 0 Å². The van der Waals surface area contributed by atoms with Crippen LogP contribution in [0.2, 0.25) is 0 Å². The fourth-order valence-electron chi connectivity index (χ4n) is 2.63. The van der Waals surface area contributed by atoms with Crippen molar-refractivity contribution in [2.45, 2.75) is 0 Å². The summed E-state index contributed by atoms with van der Waals surface area (Å²) < 4.78 is 0.805. The molecule has 0 N–H and O–H groups in total. The van der Waals surface area contributed by atoms with Crippen molar-refractivity contribution in [3.63, 3.8) is 0 Å². The summed E-state index contributed by atoms with van der Waals surface area (Å²) in [5, 5.41) is 1.71. The van der Waals surface area contributed by atoms with E-state index in [1.54, 1.807) is 12.1 Å². The Hall–Kier alpha value is -2.16. The zero-order valence-electron chi connectivity index (χ0n) is 10.4. The summed E-state index contributed by atoms with van der Waals surface area (Å²) in [5.41, 5.74) is 1.22. The quantitative estimate of drug-likeness (QED) is 0.509. The maximum absolute atomic E-state index is 12.6. The zero-order chi connectivity index (χ0) is 13.7. The monoisotopic (exact) mass is 327 g/mol. The summed E-state index contributed by atoms with van der Waals surface area (Å²) in [7, 11) is 0. The Morgan fingerprint density at radius 1 is 0.800 bits per heavy atom. The number of anilines is 1. The van der Waals surface area contributed by atoms with Gasteiger partial charge in [0.1, 0.15) is 0 Å². The Kier molecular flexibility index (Phi) is 2.43.